The number of anilines is 1. The topological polar surface area (TPSA) is 88.9 Å². The maximum absolute atomic E-state index is 12.7. The maximum atomic E-state index is 12.7. The number of nitrogens with zero attached hydrogens (tertiary/aromatic N) is 3. The summed E-state index contributed by atoms with van der Waals surface area (Å²) in [5, 5.41) is 15.8. The lowest BCUT2D eigenvalue weighted by Crippen LogP contribution is -2.25. The van der Waals surface area contributed by atoms with Crippen LogP contribution in [0.5, 0.6) is 0 Å². The average molecular weight is 561 g/mol. The van der Waals surface area contributed by atoms with E-state index < -0.39 is 5.91 Å². The van der Waals surface area contributed by atoms with E-state index in [2.05, 4.69) is 20.8 Å². The van der Waals surface area contributed by atoms with E-state index in [9.17, 15) is 9.59 Å². The summed E-state index contributed by atoms with van der Waals surface area (Å²) in [7, 11) is 0. The Bertz CT molecular complexity index is 1430. The standard InChI is InChI=1S/C25H20Cl3N5O2S/c1-15-4-2-6-18(10-15)30-23(34)14-36-25-32-31-22(33(25)19-7-3-5-16(26)11-19)13-29-24(35)20-12-17(27)8-9-21(20)28/h2-12H,13-14H2,1H3,(H,29,35)(H,30,34). The molecule has 4 aromatic rings. The average Bonchev–Trinajstić information content (AvgIpc) is 3.25. The molecule has 3 aromatic carbocycles. The Balaban J connectivity index is 1.52. The van der Waals surface area contributed by atoms with Gasteiger partial charge in [0.15, 0.2) is 11.0 Å². The Morgan fingerprint density at radius 2 is 1.72 bits per heavy atom. The highest BCUT2D eigenvalue weighted by Crippen LogP contribution is 2.25. The molecule has 0 fully saturated rings. The summed E-state index contributed by atoms with van der Waals surface area (Å²) in [4.78, 5) is 25.3. The lowest BCUT2D eigenvalue weighted by atomic mass is 10.2. The van der Waals surface area contributed by atoms with Crippen LogP contribution in [0, 0.1) is 6.92 Å². The van der Waals surface area contributed by atoms with Crippen LogP contribution in [-0.4, -0.2) is 32.3 Å². The highest BCUT2D eigenvalue weighted by molar-refractivity contribution is 7.99. The molecule has 1 aromatic heterocycles. The van der Waals surface area contributed by atoms with Gasteiger partial charge in [-0.3, -0.25) is 14.2 Å². The van der Waals surface area contributed by atoms with E-state index in [0.717, 1.165) is 11.3 Å². The van der Waals surface area contributed by atoms with Crippen molar-refractivity contribution in [1.29, 1.82) is 0 Å². The molecule has 2 N–H and O–H groups in total. The van der Waals surface area contributed by atoms with E-state index in [4.69, 9.17) is 34.8 Å². The van der Waals surface area contributed by atoms with Crippen molar-refractivity contribution in [1.82, 2.24) is 20.1 Å². The van der Waals surface area contributed by atoms with Crippen molar-refractivity contribution in [2.24, 2.45) is 0 Å². The second-order valence-corrected chi connectivity index (χ2v) is 9.95. The SMILES string of the molecule is Cc1cccc(NC(=O)CSc2nnc(CNC(=O)c3cc(Cl)ccc3Cl)n2-c2cccc(Cl)c2)c1. The summed E-state index contributed by atoms with van der Waals surface area (Å²) in [5.74, 6) is -0.0335. The van der Waals surface area contributed by atoms with Crippen LogP contribution in [0.4, 0.5) is 5.69 Å². The number of hydrogen-bond acceptors (Lipinski definition) is 5. The number of nitrogens with one attached hydrogen (secondary N) is 2. The molecule has 0 spiro atoms. The summed E-state index contributed by atoms with van der Waals surface area (Å²) >= 11 is 19.6. The monoisotopic (exact) mass is 559 g/mol. The minimum Gasteiger partial charge on any atom is -0.345 e. The van der Waals surface area contributed by atoms with Gasteiger partial charge in [0.25, 0.3) is 5.91 Å². The molecule has 11 heteroatoms. The zero-order valence-electron chi connectivity index (χ0n) is 19.0. The highest BCUT2D eigenvalue weighted by Gasteiger charge is 2.18. The molecule has 0 aliphatic rings. The van der Waals surface area contributed by atoms with Crippen LogP contribution in [-0.2, 0) is 11.3 Å². The molecule has 0 aliphatic carbocycles. The normalized spacial score (nSPS) is 10.8. The number of amides is 2. The Morgan fingerprint density at radius 3 is 2.50 bits per heavy atom. The van der Waals surface area contributed by atoms with E-state index in [1.54, 1.807) is 34.9 Å². The van der Waals surface area contributed by atoms with Crippen LogP contribution in [0.1, 0.15) is 21.7 Å². The van der Waals surface area contributed by atoms with Crippen LogP contribution in [0.15, 0.2) is 71.9 Å². The van der Waals surface area contributed by atoms with Crippen LogP contribution in [0.25, 0.3) is 5.69 Å². The molecular weight excluding hydrogens is 541 g/mol. The first-order valence-electron chi connectivity index (χ1n) is 10.7. The lowest BCUT2D eigenvalue weighted by molar-refractivity contribution is -0.113. The highest BCUT2D eigenvalue weighted by atomic mass is 35.5. The minimum absolute atomic E-state index is 0.0528. The first-order valence-corrected chi connectivity index (χ1v) is 12.8. The molecule has 2 amide bonds. The fraction of sp³-hybridized carbons (Fsp3) is 0.120. The number of aryl methyl sites for hydroxylation is 1. The van der Waals surface area contributed by atoms with Crippen LogP contribution >= 0.6 is 46.6 Å². The van der Waals surface area contributed by atoms with E-state index in [-0.39, 0.29) is 28.8 Å². The fourth-order valence-electron chi connectivity index (χ4n) is 3.36. The third kappa shape index (κ3) is 6.59. The van der Waals surface area contributed by atoms with Gasteiger partial charge in [0.2, 0.25) is 5.91 Å². The van der Waals surface area contributed by atoms with E-state index in [1.807, 2.05) is 37.3 Å². The quantitative estimate of drug-likeness (QED) is 0.251. The lowest BCUT2D eigenvalue weighted by Gasteiger charge is -2.12. The van der Waals surface area contributed by atoms with Gasteiger partial charge < -0.3 is 10.6 Å². The van der Waals surface area contributed by atoms with Crippen molar-refractivity contribution in [3.8, 4) is 5.69 Å². The zero-order chi connectivity index (χ0) is 25.7. The van der Waals surface area contributed by atoms with E-state index in [0.29, 0.717) is 26.7 Å². The number of aromatic nitrogens is 3. The molecule has 0 aliphatic heterocycles. The Hall–Kier alpha value is -3.04. The van der Waals surface area contributed by atoms with Gasteiger partial charge >= 0.3 is 0 Å². The van der Waals surface area contributed by atoms with Crippen LogP contribution in [0.3, 0.4) is 0 Å². The number of rotatable bonds is 8. The van der Waals surface area contributed by atoms with Crippen molar-refractivity contribution in [3.63, 3.8) is 0 Å². The number of benzene rings is 3. The van der Waals surface area contributed by atoms with E-state index >= 15 is 0 Å². The van der Waals surface area contributed by atoms with Gasteiger partial charge in [-0.2, -0.15) is 0 Å². The number of carbonyl (C=O) groups is 2. The molecule has 36 heavy (non-hydrogen) atoms. The predicted molar refractivity (Wildman–Crippen MR) is 145 cm³/mol. The number of hydrogen-bond donors (Lipinski definition) is 2. The third-order valence-electron chi connectivity index (χ3n) is 4.98. The molecule has 0 saturated heterocycles. The van der Waals surface area contributed by atoms with Gasteiger partial charge in [0.05, 0.1) is 28.6 Å². The molecule has 0 atom stereocenters. The van der Waals surface area contributed by atoms with Crippen LogP contribution in [0.2, 0.25) is 15.1 Å². The molecular formula is C25H20Cl3N5O2S. The molecule has 0 bridgehead atoms. The van der Waals surface area contributed by atoms with Gasteiger partial charge in [-0.05, 0) is 61.0 Å². The summed E-state index contributed by atoms with van der Waals surface area (Å²) in [5.41, 5.74) is 2.71. The molecule has 0 radical (unpaired) electrons. The summed E-state index contributed by atoms with van der Waals surface area (Å²) in [6.07, 6.45) is 0. The first kappa shape index (κ1) is 26.0. The number of thioether (sulfide) groups is 1. The smallest absolute Gasteiger partial charge is 0.253 e. The predicted octanol–water partition coefficient (Wildman–Crippen LogP) is 6.20. The van der Waals surface area contributed by atoms with Gasteiger partial charge in [-0.1, -0.05) is 64.8 Å². The third-order valence-corrected chi connectivity index (χ3v) is 6.71. The first-order chi connectivity index (χ1) is 17.3. The van der Waals surface area contributed by atoms with Crippen molar-refractivity contribution >= 4 is 64.1 Å². The van der Waals surface area contributed by atoms with Gasteiger partial charge in [-0.25, -0.2) is 0 Å². The van der Waals surface area contributed by atoms with Crippen LogP contribution < -0.4 is 10.6 Å². The molecule has 0 saturated carbocycles. The van der Waals surface area contributed by atoms with E-state index in [1.165, 1.54) is 17.8 Å². The fourth-order valence-corrected chi connectivity index (χ4v) is 4.69. The largest absolute Gasteiger partial charge is 0.345 e. The summed E-state index contributed by atoms with van der Waals surface area (Å²) in [6.45, 7) is 2.01. The second-order valence-electron chi connectivity index (χ2n) is 7.73. The van der Waals surface area contributed by atoms with Crippen molar-refractivity contribution in [2.75, 3.05) is 11.1 Å². The van der Waals surface area contributed by atoms with Gasteiger partial charge in [0, 0.05) is 15.7 Å². The number of carbonyl (C=O) groups excluding carboxylic acids is 2. The van der Waals surface area contributed by atoms with Crippen molar-refractivity contribution in [2.45, 2.75) is 18.6 Å². The second kappa shape index (κ2) is 11.8. The summed E-state index contributed by atoms with van der Waals surface area (Å²) < 4.78 is 1.75. The molecule has 7 nitrogen and oxygen atoms in total. The molecule has 1 heterocycles. The Kier molecular flexibility index (Phi) is 8.53. The Labute approximate surface area is 227 Å². The van der Waals surface area contributed by atoms with Gasteiger partial charge in [-0.15, -0.1) is 10.2 Å². The Morgan fingerprint density at radius 1 is 0.944 bits per heavy atom. The van der Waals surface area contributed by atoms with Gasteiger partial charge in [0.1, 0.15) is 0 Å². The minimum atomic E-state index is -0.408. The molecule has 4 rings (SSSR count). The van der Waals surface area contributed by atoms with Crippen molar-refractivity contribution < 1.29 is 9.59 Å². The van der Waals surface area contributed by atoms with Crippen molar-refractivity contribution in [3.05, 3.63) is 98.7 Å². The summed E-state index contributed by atoms with van der Waals surface area (Å²) in [6, 6.07) is 19.4. The molecule has 0 unspecified atom stereocenters. The zero-order valence-corrected chi connectivity index (χ0v) is 22.0. The molecule has 184 valence electrons. The number of halogens is 3. The maximum Gasteiger partial charge on any atom is 0.253 e.